The first-order valence-electron chi connectivity index (χ1n) is 6.53. The Hall–Kier alpha value is -2.07. The molecule has 1 aromatic carbocycles. The van der Waals surface area contributed by atoms with E-state index in [1.165, 1.54) is 0 Å². The lowest BCUT2D eigenvalue weighted by molar-refractivity contribution is 0.163. The van der Waals surface area contributed by atoms with Crippen LogP contribution in [0.15, 0.2) is 42.7 Å². The highest BCUT2D eigenvalue weighted by molar-refractivity contribution is 5.32. The van der Waals surface area contributed by atoms with Gasteiger partial charge in [0.2, 0.25) is 0 Å². The van der Waals surface area contributed by atoms with Crippen molar-refractivity contribution in [3.05, 3.63) is 53.9 Å². The van der Waals surface area contributed by atoms with E-state index in [0.29, 0.717) is 12.2 Å². The molecule has 0 radical (unpaired) electrons. The molecule has 2 aromatic rings. The van der Waals surface area contributed by atoms with Crippen molar-refractivity contribution >= 4 is 0 Å². The van der Waals surface area contributed by atoms with Crippen molar-refractivity contribution in [1.82, 2.24) is 4.98 Å². The van der Waals surface area contributed by atoms with Crippen LogP contribution in [0.4, 0.5) is 0 Å². The average Bonchev–Trinajstić information content (AvgIpc) is 2.53. The smallest absolute Gasteiger partial charge is 0.142 e. The molecule has 4 heteroatoms. The Morgan fingerprint density at radius 1 is 1.10 bits per heavy atom. The average molecular weight is 273 g/mol. The van der Waals surface area contributed by atoms with E-state index >= 15 is 0 Å². The first-order chi connectivity index (χ1) is 9.74. The molecule has 106 valence electrons. The predicted molar refractivity (Wildman–Crippen MR) is 77.1 cm³/mol. The molecule has 1 aromatic heterocycles. The molecule has 2 rings (SSSR count). The number of ether oxygens (including phenoxy) is 2. The number of hydrogen-bond acceptors (Lipinski definition) is 4. The zero-order valence-electron chi connectivity index (χ0n) is 11.7. The maximum Gasteiger partial charge on any atom is 0.142 e. The van der Waals surface area contributed by atoms with Crippen LogP contribution in [0, 0.1) is 0 Å². The number of aliphatic hydroxyl groups excluding tert-OH is 1. The van der Waals surface area contributed by atoms with Crippen LogP contribution in [0.25, 0.3) is 0 Å². The number of methoxy groups -OCH3 is 2. The van der Waals surface area contributed by atoms with Gasteiger partial charge in [0.1, 0.15) is 11.5 Å². The summed E-state index contributed by atoms with van der Waals surface area (Å²) in [7, 11) is 3.23. The Bertz CT molecular complexity index is 540. The minimum absolute atomic E-state index is 0.560. The number of pyridine rings is 1. The van der Waals surface area contributed by atoms with Gasteiger partial charge in [0.25, 0.3) is 0 Å². The number of aromatic nitrogens is 1. The summed E-state index contributed by atoms with van der Waals surface area (Å²) in [5, 5.41) is 10.3. The highest BCUT2D eigenvalue weighted by Gasteiger charge is 2.13. The van der Waals surface area contributed by atoms with E-state index < -0.39 is 6.10 Å². The van der Waals surface area contributed by atoms with Crippen LogP contribution in [-0.2, 0) is 6.42 Å². The fraction of sp³-hybridized carbons (Fsp3) is 0.312. The Morgan fingerprint density at radius 2 is 1.85 bits per heavy atom. The van der Waals surface area contributed by atoms with Crippen LogP contribution in [0.3, 0.4) is 0 Å². The molecule has 0 spiro atoms. The SMILES string of the molecule is COc1ccc(CCC(O)c2ccncc2OC)cc1. The second kappa shape index (κ2) is 6.91. The number of nitrogens with zero attached hydrogens (tertiary/aromatic N) is 1. The van der Waals surface area contributed by atoms with Crippen molar-refractivity contribution in [2.24, 2.45) is 0 Å². The summed E-state index contributed by atoms with van der Waals surface area (Å²) in [6.45, 7) is 0. The van der Waals surface area contributed by atoms with Gasteiger partial charge in [0.15, 0.2) is 0 Å². The standard InChI is InChI=1S/C16H19NO3/c1-19-13-6-3-12(4-7-13)5-8-15(18)14-9-10-17-11-16(14)20-2/h3-4,6-7,9-11,15,18H,5,8H2,1-2H3. The van der Waals surface area contributed by atoms with E-state index in [2.05, 4.69) is 4.98 Å². The second-order valence-corrected chi connectivity index (χ2v) is 4.52. The number of benzene rings is 1. The largest absolute Gasteiger partial charge is 0.497 e. The summed E-state index contributed by atoms with van der Waals surface area (Å²) in [5.41, 5.74) is 1.94. The molecular formula is C16H19NO3. The Morgan fingerprint density at radius 3 is 2.50 bits per heavy atom. The molecule has 0 aliphatic rings. The van der Waals surface area contributed by atoms with Gasteiger partial charge in [-0.1, -0.05) is 12.1 Å². The van der Waals surface area contributed by atoms with Gasteiger partial charge in [0, 0.05) is 11.8 Å². The van der Waals surface area contributed by atoms with Crippen LogP contribution in [-0.4, -0.2) is 24.3 Å². The molecule has 0 amide bonds. The van der Waals surface area contributed by atoms with Crippen LogP contribution in [0.2, 0.25) is 0 Å². The van der Waals surface area contributed by atoms with Crippen molar-refractivity contribution in [3.8, 4) is 11.5 Å². The monoisotopic (exact) mass is 273 g/mol. The van der Waals surface area contributed by atoms with Crippen molar-refractivity contribution in [2.75, 3.05) is 14.2 Å². The van der Waals surface area contributed by atoms with Crippen molar-refractivity contribution in [2.45, 2.75) is 18.9 Å². The minimum atomic E-state index is -0.560. The van der Waals surface area contributed by atoms with Crippen LogP contribution in [0.5, 0.6) is 11.5 Å². The maximum absolute atomic E-state index is 10.3. The van der Waals surface area contributed by atoms with Gasteiger partial charge in [0.05, 0.1) is 26.5 Å². The molecule has 1 atom stereocenters. The van der Waals surface area contributed by atoms with Gasteiger partial charge < -0.3 is 14.6 Å². The molecule has 4 nitrogen and oxygen atoms in total. The van der Waals surface area contributed by atoms with Gasteiger partial charge in [-0.2, -0.15) is 0 Å². The first kappa shape index (κ1) is 14.3. The summed E-state index contributed by atoms with van der Waals surface area (Å²) in [5.74, 6) is 1.46. The number of rotatable bonds is 6. The van der Waals surface area contributed by atoms with Crippen molar-refractivity contribution < 1.29 is 14.6 Å². The zero-order valence-corrected chi connectivity index (χ0v) is 11.7. The Kier molecular flexibility index (Phi) is 4.96. The molecule has 20 heavy (non-hydrogen) atoms. The summed E-state index contributed by atoms with van der Waals surface area (Å²) in [4.78, 5) is 3.99. The lowest BCUT2D eigenvalue weighted by Crippen LogP contribution is -2.02. The molecule has 1 N–H and O–H groups in total. The van der Waals surface area contributed by atoms with Gasteiger partial charge in [-0.3, -0.25) is 4.98 Å². The molecule has 1 unspecified atom stereocenters. The third-order valence-electron chi connectivity index (χ3n) is 3.26. The third kappa shape index (κ3) is 3.48. The van der Waals surface area contributed by atoms with Crippen LogP contribution in [0.1, 0.15) is 23.7 Å². The van der Waals surface area contributed by atoms with E-state index in [0.717, 1.165) is 23.3 Å². The molecule has 0 aliphatic carbocycles. The fourth-order valence-corrected chi connectivity index (χ4v) is 2.09. The third-order valence-corrected chi connectivity index (χ3v) is 3.26. The molecular weight excluding hydrogens is 254 g/mol. The molecule has 0 saturated heterocycles. The fourth-order valence-electron chi connectivity index (χ4n) is 2.09. The van der Waals surface area contributed by atoms with Crippen LogP contribution < -0.4 is 9.47 Å². The quantitative estimate of drug-likeness (QED) is 0.879. The Labute approximate surface area is 119 Å². The normalized spacial score (nSPS) is 11.9. The lowest BCUT2D eigenvalue weighted by Gasteiger charge is -2.14. The van der Waals surface area contributed by atoms with Gasteiger partial charge >= 0.3 is 0 Å². The minimum Gasteiger partial charge on any atom is -0.497 e. The topological polar surface area (TPSA) is 51.6 Å². The van der Waals surface area contributed by atoms with Crippen molar-refractivity contribution in [1.29, 1.82) is 0 Å². The zero-order chi connectivity index (χ0) is 14.4. The van der Waals surface area contributed by atoms with E-state index in [1.807, 2.05) is 24.3 Å². The van der Waals surface area contributed by atoms with Gasteiger partial charge in [-0.25, -0.2) is 0 Å². The molecule has 0 aliphatic heterocycles. The highest BCUT2D eigenvalue weighted by Crippen LogP contribution is 2.27. The van der Waals surface area contributed by atoms with E-state index in [9.17, 15) is 5.11 Å². The first-order valence-corrected chi connectivity index (χ1v) is 6.53. The number of aliphatic hydroxyl groups is 1. The van der Waals surface area contributed by atoms with Gasteiger partial charge in [-0.05, 0) is 36.6 Å². The summed E-state index contributed by atoms with van der Waals surface area (Å²) in [6.07, 6.45) is 4.14. The van der Waals surface area contributed by atoms with Gasteiger partial charge in [-0.15, -0.1) is 0 Å². The summed E-state index contributed by atoms with van der Waals surface area (Å²) in [6, 6.07) is 9.66. The van der Waals surface area contributed by atoms with E-state index in [4.69, 9.17) is 9.47 Å². The summed E-state index contributed by atoms with van der Waals surface area (Å²) < 4.78 is 10.3. The molecule has 1 heterocycles. The Balaban J connectivity index is 1.98. The van der Waals surface area contributed by atoms with Crippen LogP contribution >= 0.6 is 0 Å². The predicted octanol–water partition coefficient (Wildman–Crippen LogP) is 2.77. The lowest BCUT2D eigenvalue weighted by atomic mass is 10.0. The highest BCUT2D eigenvalue weighted by atomic mass is 16.5. The molecule has 0 bridgehead atoms. The molecule has 0 fully saturated rings. The van der Waals surface area contributed by atoms with E-state index in [1.54, 1.807) is 32.7 Å². The van der Waals surface area contributed by atoms with E-state index in [-0.39, 0.29) is 0 Å². The van der Waals surface area contributed by atoms with Crippen molar-refractivity contribution in [3.63, 3.8) is 0 Å². The summed E-state index contributed by atoms with van der Waals surface area (Å²) >= 11 is 0. The second-order valence-electron chi connectivity index (χ2n) is 4.52. The molecule has 0 saturated carbocycles. The maximum atomic E-state index is 10.3. The number of hydrogen-bond donors (Lipinski definition) is 1. The number of aryl methyl sites for hydroxylation is 1.